The van der Waals surface area contributed by atoms with E-state index >= 15 is 0 Å². The van der Waals surface area contributed by atoms with Gasteiger partial charge in [0.1, 0.15) is 4.90 Å². The Labute approximate surface area is 121 Å². The molecule has 0 amide bonds. The van der Waals surface area contributed by atoms with Gasteiger partial charge in [0.05, 0.1) is 5.69 Å². The number of hydrogen-bond acceptors (Lipinski definition) is 4. The van der Waals surface area contributed by atoms with Crippen molar-refractivity contribution in [2.45, 2.75) is 31.2 Å². The van der Waals surface area contributed by atoms with E-state index < -0.39 is 10.0 Å². The highest BCUT2D eigenvalue weighted by atomic mass is 32.2. The lowest BCUT2D eigenvalue weighted by Gasteiger charge is -2.45. The van der Waals surface area contributed by atoms with Gasteiger partial charge in [-0.3, -0.25) is 0 Å². The molecular weight excluding hydrogens is 274 g/mol. The highest BCUT2D eigenvalue weighted by Gasteiger charge is 2.32. The summed E-state index contributed by atoms with van der Waals surface area (Å²) in [5.41, 5.74) is 0.663. The van der Waals surface area contributed by atoms with Crippen LogP contribution in [0.4, 0.5) is 5.69 Å². The van der Waals surface area contributed by atoms with E-state index in [4.69, 9.17) is 0 Å². The number of sulfonamides is 1. The van der Waals surface area contributed by atoms with Crippen molar-refractivity contribution in [2.75, 3.05) is 31.1 Å². The van der Waals surface area contributed by atoms with Crippen molar-refractivity contribution in [2.24, 2.45) is 0 Å². The van der Waals surface area contributed by atoms with Crippen molar-refractivity contribution in [3.8, 4) is 0 Å². The molecule has 1 saturated heterocycles. The number of para-hydroxylation sites is 1. The molecule has 1 aliphatic heterocycles. The van der Waals surface area contributed by atoms with Crippen LogP contribution in [0.3, 0.4) is 0 Å². The second-order valence-electron chi connectivity index (χ2n) is 5.61. The molecule has 20 heavy (non-hydrogen) atoms. The third-order valence-electron chi connectivity index (χ3n) is 3.58. The fourth-order valence-corrected chi connectivity index (χ4v) is 3.85. The average Bonchev–Trinajstić information content (AvgIpc) is 2.38. The van der Waals surface area contributed by atoms with E-state index in [1.54, 1.807) is 19.1 Å². The van der Waals surface area contributed by atoms with Crippen molar-refractivity contribution >= 4 is 15.7 Å². The number of rotatable bonds is 4. The maximum atomic E-state index is 12.4. The number of anilines is 1. The molecule has 1 aromatic rings. The van der Waals surface area contributed by atoms with Crippen LogP contribution >= 0.6 is 0 Å². The van der Waals surface area contributed by atoms with Crippen LogP contribution < -0.4 is 14.9 Å². The number of benzene rings is 1. The van der Waals surface area contributed by atoms with E-state index in [-0.39, 0.29) is 5.54 Å². The van der Waals surface area contributed by atoms with Gasteiger partial charge in [-0.05, 0) is 26.0 Å². The molecular formula is C14H23N3O2S. The maximum absolute atomic E-state index is 12.4. The molecule has 112 valence electrons. The number of hydrogen-bond donors (Lipinski definition) is 2. The monoisotopic (exact) mass is 297 g/mol. The molecule has 0 aromatic heterocycles. The van der Waals surface area contributed by atoms with Gasteiger partial charge in [0, 0.05) is 31.7 Å². The topological polar surface area (TPSA) is 61.4 Å². The van der Waals surface area contributed by atoms with Gasteiger partial charge >= 0.3 is 0 Å². The number of nitrogens with zero attached hydrogens (tertiary/aromatic N) is 1. The second kappa shape index (κ2) is 5.71. The van der Waals surface area contributed by atoms with Gasteiger partial charge in [-0.15, -0.1) is 0 Å². The first-order valence-electron chi connectivity index (χ1n) is 6.95. The molecule has 0 atom stereocenters. The number of nitrogens with one attached hydrogen (secondary N) is 2. The standard InChI is InChI=1S/C14H23N3O2S/c1-4-16-20(18,19)13-8-6-5-7-12(13)17-10-9-15-11-14(17,2)3/h5-8,15-16H,4,9-11H2,1-3H3. The molecule has 1 heterocycles. The predicted molar refractivity (Wildman–Crippen MR) is 81.6 cm³/mol. The Kier molecular flexibility index (Phi) is 4.36. The zero-order chi connectivity index (χ0) is 14.8. The molecule has 2 rings (SSSR count). The quantitative estimate of drug-likeness (QED) is 0.876. The Morgan fingerprint density at radius 2 is 2.05 bits per heavy atom. The third-order valence-corrected chi connectivity index (χ3v) is 5.17. The minimum absolute atomic E-state index is 0.115. The van der Waals surface area contributed by atoms with E-state index in [0.29, 0.717) is 11.4 Å². The summed E-state index contributed by atoms with van der Waals surface area (Å²) in [5, 5.41) is 3.35. The van der Waals surface area contributed by atoms with Crippen molar-refractivity contribution < 1.29 is 8.42 Å². The van der Waals surface area contributed by atoms with Crippen molar-refractivity contribution in [1.82, 2.24) is 10.0 Å². The highest BCUT2D eigenvalue weighted by molar-refractivity contribution is 7.89. The van der Waals surface area contributed by atoms with E-state index in [2.05, 4.69) is 28.8 Å². The first-order chi connectivity index (χ1) is 9.38. The van der Waals surface area contributed by atoms with Crippen LogP contribution in [0.5, 0.6) is 0 Å². The summed E-state index contributed by atoms with van der Waals surface area (Å²) in [4.78, 5) is 2.53. The SMILES string of the molecule is CCNS(=O)(=O)c1ccccc1N1CCNCC1(C)C. The third kappa shape index (κ3) is 2.97. The van der Waals surface area contributed by atoms with Crippen molar-refractivity contribution in [3.05, 3.63) is 24.3 Å². The van der Waals surface area contributed by atoms with Crippen molar-refractivity contribution in [1.29, 1.82) is 0 Å². The lowest BCUT2D eigenvalue weighted by molar-refractivity contribution is 0.378. The minimum atomic E-state index is -3.45. The van der Waals surface area contributed by atoms with Gasteiger partial charge in [0.2, 0.25) is 10.0 Å². The average molecular weight is 297 g/mol. The van der Waals surface area contributed by atoms with Crippen LogP contribution in [-0.4, -0.2) is 40.1 Å². The van der Waals surface area contributed by atoms with Gasteiger partial charge in [-0.1, -0.05) is 19.1 Å². The van der Waals surface area contributed by atoms with Gasteiger partial charge < -0.3 is 10.2 Å². The van der Waals surface area contributed by atoms with Gasteiger partial charge in [-0.25, -0.2) is 13.1 Å². The Balaban J connectivity index is 2.47. The molecule has 0 radical (unpaired) electrons. The molecule has 6 heteroatoms. The van der Waals surface area contributed by atoms with Crippen LogP contribution in [0.25, 0.3) is 0 Å². The Bertz CT molecular complexity index is 570. The summed E-state index contributed by atoms with van der Waals surface area (Å²) in [6.45, 7) is 8.91. The smallest absolute Gasteiger partial charge is 0.242 e. The molecule has 0 saturated carbocycles. The molecule has 0 aliphatic carbocycles. The fourth-order valence-electron chi connectivity index (χ4n) is 2.60. The van der Waals surface area contributed by atoms with E-state index in [0.717, 1.165) is 25.3 Å². The predicted octanol–water partition coefficient (Wildman–Crippen LogP) is 1.17. The summed E-state index contributed by atoms with van der Waals surface area (Å²) in [5.74, 6) is 0. The number of piperazine rings is 1. The first-order valence-corrected chi connectivity index (χ1v) is 8.44. The molecule has 0 bridgehead atoms. The Morgan fingerprint density at radius 3 is 2.70 bits per heavy atom. The molecule has 1 aliphatic rings. The van der Waals surface area contributed by atoms with E-state index in [1.165, 1.54) is 0 Å². The maximum Gasteiger partial charge on any atom is 0.242 e. The first kappa shape index (κ1) is 15.3. The van der Waals surface area contributed by atoms with Crippen LogP contribution in [0, 0.1) is 0 Å². The molecule has 1 aromatic carbocycles. The minimum Gasteiger partial charge on any atom is -0.363 e. The summed E-state index contributed by atoms with van der Waals surface area (Å²) in [6.07, 6.45) is 0. The Morgan fingerprint density at radius 1 is 1.35 bits per heavy atom. The second-order valence-corrected chi connectivity index (χ2v) is 7.35. The van der Waals surface area contributed by atoms with E-state index in [9.17, 15) is 8.42 Å². The van der Waals surface area contributed by atoms with Gasteiger partial charge in [-0.2, -0.15) is 0 Å². The van der Waals surface area contributed by atoms with Gasteiger partial charge in [0.15, 0.2) is 0 Å². The van der Waals surface area contributed by atoms with Crippen LogP contribution in [0.1, 0.15) is 20.8 Å². The van der Waals surface area contributed by atoms with Crippen LogP contribution in [-0.2, 0) is 10.0 Å². The van der Waals surface area contributed by atoms with Crippen LogP contribution in [0.15, 0.2) is 29.2 Å². The zero-order valence-corrected chi connectivity index (χ0v) is 13.1. The normalized spacial score (nSPS) is 19.1. The Hall–Kier alpha value is -1.11. The van der Waals surface area contributed by atoms with Crippen molar-refractivity contribution in [3.63, 3.8) is 0 Å². The summed E-state index contributed by atoms with van der Waals surface area (Å²) < 4.78 is 27.3. The summed E-state index contributed by atoms with van der Waals surface area (Å²) in [6, 6.07) is 7.21. The lowest BCUT2D eigenvalue weighted by atomic mass is 9.99. The highest BCUT2D eigenvalue weighted by Crippen LogP contribution is 2.31. The largest absolute Gasteiger partial charge is 0.363 e. The molecule has 2 N–H and O–H groups in total. The zero-order valence-electron chi connectivity index (χ0n) is 12.3. The molecule has 0 unspecified atom stereocenters. The molecule has 0 spiro atoms. The van der Waals surface area contributed by atoms with Gasteiger partial charge in [0.25, 0.3) is 0 Å². The van der Waals surface area contributed by atoms with Crippen LogP contribution in [0.2, 0.25) is 0 Å². The summed E-state index contributed by atoms with van der Waals surface area (Å²) in [7, 11) is -3.45. The summed E-state index contributed by atoms with van der Waals surface area (Å²) >= 11 is 0. The van der Waals surface area contributed by atoms with E-state index in [1.807, 2.05) is 12.1 Å². The fraction of sp³-hybridized carbons (Fsp3) is 0.571. The lowest BCUT2D eigenvalue weighted by Crippen LogP contribution is -2.58. The molecule has 1 fully saturated rings. The molecule has 5 nitrogen and oxygen atoms in total.